The quantitative estimate of drug-likeness (QED) is 0.828. The highest BCUT2D eigenvalue weighted by Gasteiger charge is 2.05. The summed E-state index contributed by atoms with van der Waals surface area (Å²) in [6, 6.07) is 10.1. The monoisotopic (exact) mass is 216 g/mol. The Labute approximate surface area is 95.4 Å². The summed E-state index contributed by atoms with van der Waals surface area (Å²) in [5.41, 5.74) is 1.18. The second-order valence-electron chi connectivity index (χ2n) is 3.93. The first kappa shape index (κ1) is 10.9. The van der Waals surface area contributed by atoms with Crippen molar-refractivity contribution in [1.82, 2.24) is 9.55 Å². The first-order chi connectivity index (χ1) is 7.84. The predicted octanol–water partition coefficient (Wildman–Crippen LogP) is 1.88. The molecule has 0 aliphatic carbocycles. The van der Waals surface area contributed by atoms with Crippen LogP contribution in [0.15, 0.2) is 49.1 Å². The van der Waals surface area contributed by atoms with E-state index in [1.807, 2.05) is 41.1 Å². The summed E-state index contributed by atoms with van der Waals surface area (Å²) in [6.45, 7) is 0.813. The van der Waals surface area contributed by atoms with Crippen LogP contribution in [0.25, 0.3) is 0 Å². The number of aromatic nitrogens is 2. The summed E-state index contributed by atoms with van der Waals surface area (Å²) in [7, 11) is 0. The molecule has 84 valence electrons. The molecule has 2 rings (SSSR count). The van der Waals surface area contributed by atoms with Gasteiger partial charge in [-0.15, -0.1) is 0 Å². The van der Waals surface area contributed by atoms with Crippen LogP contribution in [0.2, 0.25) is 0 Å². The third-order valence-corrected chi connectivity index (χ3v) is 2.59. The van der Waals surface area contributed by atoms with Crippen molar-refractivity contribution in [3.05, 3.63) is 54.6 Å². The van der Waals surface area contributed by atoms with Gasteiger partial charge >= 0.3 is 0 Å². The number of aliphatic hydroxyl groups is 1. The van der Waals surface area contributed by atoms with Crippen molar-refractivity contribution in [3.63, 3.8) is 0 Å². The SMILES string of the molecule is OC(CCn1ccnc1)Cc1ccccc1. The molecular weight excluding hydrogens is 200 g/mol. The third kappa shape index (κ3) is 3.21. The van der Waals surface area contributed by atoms with Crippen molar-refractivity contribution in [2.45, 2.75) is 25.5 Å². The molecule has 0 amide bonds. The molecule has 2 aromatic rings. The van der Waals surface area contributed by atoms with Crippen molar-refractivity contribution in [2.75, 3.05) is 0 Å². The van der Waals surface area contributed by atoms with Crippen LogP contribution in [0.1, 0.15) is 12.0 Å². The van der Waals surface area contributed by atoms with E-state index in [1.54, 1.807) is 12.5 Å². The molecule has 0 saturated carbocycles. The van der Waals surface area contributed by atoms with Crippen molar-refractivity contribution in [2.24, 2.45) is 0 Å². The highest BCUT2D eigenvalue weighted by atomic mass is 16.3. The summed E-state index contributed by atoms with van der Waals surface area (Å²) < 4.78 is 1.98. The van der Waals surface area contributed by atoms with E-state index < -0.39 is 0 Å². The lowest BCUT2D eigenvalue weighted by atomic mass is 10.1. The molecule has 16 heavy (non-hydrogen) atoms. The second kappa shape index (κ2) is 5.47. The van der Waals surface area contributed by atoms with Gasteiger partial charge in [-0.2, -0.15) is 0 Å². The molecule has 0 saturated heterocycles. The van der Waals surface area contributed by atoms with Crippen LogP contribution in [0.3, 0.4) is 0 Å². The van der Waals surface area contributed by atoms with Gasteiger partial charge in [-0.25, -0.2) is 4.98 Å². The molecule has 1 aromatic carbocycles. The van der Waals surface area contributed by atoms with E-state index in [0.717, 1.165) is 19.4 Å². The van der Waals surface area contributed by atoms with Gasteiger partial charge in [0.05, 0.1) is 12.4 Å². The Morgan fingerprint density at radius 3 is 2.75 bits per heavy atom. The van der Waals surface area contributed by atoms with E-state index in [1.165, 1.54) is 5.56 Å². The van der Waals surface area contributed by atoms with Gasteiger partial charge in [-0.1, -0.05) is 30.3 Å². The van der Waals surface area contributed by atoms with E-state index in [9.17, 15) is 5.11 Å². The number of rotatable bonds is 5. The van der Waals surface area contributed by atoms with Crippen molar-refractivity contribution < 1.29 is 5.11 Å². The Morgan fingerprint density at radius 2 is 2.06 bits per heavy atom. The topological polar surface area (TPSA) is 38.0 Å². The summed E-state index contributed by atoms with van der Waals surface area (Å²) in [4.78, 5) is 3.97. The van der Waals surface area contributed by atoms with E-state index in [-0.39, 0.29) is 6.10 Å². The number of imidazole rings is 1. The number of hydrogen-bond acceptors (Lipinski definition) is 2. The first-order valence-electron chi connectivity index (χ1n) is 5.52. The molecule has 0 radical (unpaired) electrons. The minimum absolute atomic E-state index is 0.287. The van der Waals surface area contributed by atoms with E-state index in [0.29, 0.717) is 0 Å². The van der Waals surface area contributed by atoms with Crippen LogP contribution in [-0.4, -0.2) is 20.8 Å². The van der Waals surface area contributed by atoms with Gasteiger partial charge in [0.1, 0.15) is 0 Å². The van der Waals surface area contributed by atoms with Crippen LogP contribution >= 0.6 is 0 Å². The maximum Gasteiger partial charge on any atom is 0.0945 e. The molecule has 0 bridgehead atoms. The number of hydrogen-bond donors (Lipinski definition) is 1. The Morgan fingerprint density at radius 1 is 1.25 bits per heavy atom. The largest absolute Gasteiger partial charge is 0.393 e. The minimum Gasteiger partial charge on any atom is -0.393 e. The van der Waals surface area contributed by atoms with Crippen LogP contribution in [-0.2, 0) is 13.0 Å². The van der Waals surface area contributed by atoms with Gasteiger partial charge in [-0.3, -0.25) is 0 Å². The molecule has 1 aromatic heterocycles. The highest BCUT2D eigenvalue weighted by Crippen LogP contribution is 2.06. The Bertz CT molecular complexity index is 397. The second-order valence-corrected chi connectivity index (χ2v) is 3.93. The van der Waals surface area contributed by atoms with E-state index in [2.05, 4.69) is 4.98 Å². The normalized spacial score (nSPS) is 12.6. The molecule has 3 heteroatoms. The zero-order chi connectivity index (χ0) is 11.2. The standard InChI is InChI=1S/C13H16N2O/c16-13(6-8-15-9-7-14-11-15)10-12-4-2-1-3-5-12/h1-5,7,9,11,13,16H,6,8,10H2. The van der Waals surface area contributed by atoms with Gasteiger partial charge in [0.15, 0.2) is 0 Å². The molecule has 3 nitrogen and oxygen atoms in total. The highest BCUT2D eigenvalue weighted by molar-refractivity contribution is 5.15. The summed E-state index contributed by atoms with van der Waals surface area (Å²) >= 11 is 0. The molecule has 0 spiro atoms. The van der Waals surface area contributed by atoms with Crippen molar-refractivity contribution >= 4 is 0 Å². The molecule has 1 unspecified atom stereocenters. The molecule has 1 atom stereocenters. The fourth-order valence-corrected chi connectivity index (χ4v) is 1.71. The lowest BCUT2D eigenvalue weighted by molar-refractivity contribution is 0.158. The number of aryl methyl sites for hydroxylation is 1. The fraction of sp³-hybridized carbons (Fsp3) is 0.308. The number of nitrogens with zero attached hydrogens (tertiary/aromatic N) is 2. The van der Waals surface area contributed by atoms with Crippen molar-refractivity contribution in [3.8, 4) is 0 Å². The zero-order valence-corrected chi connectivity index (χ0v) is 9.16. The smallest absolute Gasteiger partial charge is 0.0945 e. The minimum atomic E-state index is -0.287. The fourth-order valence-electron chi connectivity index (χ4n) is 1.71. The average molecular weight is 216 g/mol. The molecule has 1 N–H and O–H groups in total. The van der Waals surface area contributed by atoms with Gasteiger partial charge in [0, 0.05) is 18.9 Å². The molecular formula is C13H16N2O. The Hall–Kier alpha value is -1.61. The van der Waals surface area contributed by atoms with Crippen LogP contribution in [0.5, 0.6) is 0 Å². The van der Waals surface area contributed by atoms with Crippen LogP contribution in [0, 0.1) is 0 Å². The molecule has 0 aliphatic rings. The van der Waals surface area contributed by atoms with Gasteiger partial charge in [0.25, 0.3) is 0 Å². The summed E-state index contributed by atoms with van der Waals surface area (Å²) in [6.07, 6.45) is 6.62. The number of benzene rings is 1. The number of aliphatic hydroxyl groups excluding tert-OH is 1. The third-order valence-electron chi connectivity index (χ3n) is 2.59. The maximum atomic E-state index is 9.87. The molecule has 0 fully saturated rings. The van der Waals surface area contributed by atoms with E-state index >= 15 is 0 Å². The summed E-state index contributed by atoms with van der Waals surface area (Å²) in [5.74, 6) is 0. The van der Waals surface area contributed by atoms with E-state index in [4.69, 9.17) is 0 Å². The summed E-state index contributed by atoms with van der Waals surface area (Å²) in [5, 5.41) is 9.87. The van der Waals surface area contributed by atoms with Crippen LogP contribution < -0.4 is 0 Å². The maximum absolute atomic E-state index is 9.87. The Balaban J connectivity index is 1.78. The Kier molecular flexibility index (Phi) is 3.72. The van der Waals surface area contributed by atoms with Gasteiger partial charge in [0.2, 0.25) is 0 Å². The lowest BCUT2D eigenvalue weighted by Crippen LogP contribution is -2.13. The lowest BCUT2D eigenvalue weighted by Gasteiger charge is -2.10. The first-order valence-corrected chi connectivity index (χ1v) is 5.52. The van der Waals surface area contributed by atoms with Gasteiger partial charge < -0.3 is 9.67 Å². The average Bonchev–Trinajstić information content (AvgIpc) is 2.81. The van der Waals surface area contributed by atoms with Crippen molar-refractivity contribution in [1.29, 1.82) is 0 Å². The van der Waals surface area contributed by atoms with Gasteiger partial charge in [-0.05, 0) is 18.4 Å². The zero-order valence-electron chi connectivity index (χ0n) is 9.16. The molecule has 1 heterocycles. The van der Waals surface area contributed by atoms with Crippen LogP contribution in [0.4, 0.5) is 0 Å². The predicted molar refractivity (Wildman–Crippen MR) is 63.0 cm³/mol. The molecule has 0 aliphatic heterocycles.